The molecule has 0 unspecified atom stereocenters. The highest BCUT2D eigenvalue weighted by Gasteiger charge is 2.33. The Morgan fingerprint density at radius 1 is 1.67 bits per heavy atom. The van der Waals surface area contributed by atoms with Crippen molar-refractivity contribution in [3.8, 4) is 0 Å². The van der Waals surface area contributed by atoms with Gasteiger partial charge in [0.15, 0.2) is 0 Å². The van der Waals surface area contributed by atoms with Gasteiger partial charge in [0.05, 0.1) is 6.04 Å². The molecule has 15 heavy (non-hydrogen) atoms. The minimum absolute atomic E-state index is 0.138. The van der Waals surface area contributed by atoms with Crippen molar-refractivity contribution in [3.05, 3.63) is 0 Å². The lowest BCUT2D eigenvalue weighted by Crippen LogP contribution is -2.62. The number of rotatable bonds is 4. The summed E-state index contributed by atoms with van der Waals surface area (Å²) in [7, 11) is 1.82. The molecule has 0 aromatic rings. The van der Waals surface area contributed by atoms with E-state index in [1.165, 1.54) is 0 Å². The van der Waals surface area contributed by atoms with Crippen LogP contribution in [0.5, 0.6) is 0 Å². The van der Waals surface area contributed by atoms with Crippen LogP contribution in [-0.4, -0.2) is 48.9 Å². The van der Waals surface area contributed by atoms with Crippen molar-refractivity contribution >= 4 is 11.8 Å². The number of carbonyl (C=O) groups is 2. The van der Waals surface area contributed by atoms with Gasteiger partial charge < -0.3 is 16.8 Å². The monoisotopic (exact) mass is 214 g/mol. The van der Waals surface area contributed by atoms with Gasteiger partial charge in [-0.15, -0.1) is 0 Å². The average Bonchev–Trinajstić information content (AvgIpc) is 2.16. The first kappa shape index (κ1) is 11.9. The number of primary amides is 1. The van der Waals surface area contributed by atoms with Crippen LogP contribution in [0.2, 0.25) is 0 Å². The molecule has 1 aliphatic heterocycles. The molecule has 1 rings (SSSR count). The van der Waals surface area contributed by atoms with Crippen LogP contribution in [-0.2, 0) is 9.59 Å². The minimum atomic E-state index is -0.573. The average molecular weight is 214 g/mol. The number of hydrogen-bond donors (Lipinski definition) is 3. The number of amides is 2. The van der Waals surface area contributed by atoms with Crippen molar-refractivity contribution in [1.29, 1.82) is 0 Å². The lowest BCUT2D eigenvalue weighted by molar-refractivity contribution is -0.135. The fraction of sp³-hybridized carbons (Fsp3) is 0.778. The highest BCUT2D eigenvalue weighted by Crippen LogP contribution is 2.10. The maximum absolute atomic E-state index is 11.6. The fourth-order valence-corrected chi connectivity index (χ4v) is 1.75. The summed E-state index contributed by atoms with van der Waals surface area (Å²) in [4.78, 5) is 24.4. The Kier molecular flexibility index (Phi) is 4.05. The van der Waals surface area contributed by atoms with Gasteiger partial charge in [-0.1, -0.05) is 0 Å². The van der Waals surface area contributed by atoms with E-state index < -0.39 is 11.9 Å². The van der Waals surface area contributed by atoms with Gasteiger partial charge in [-0.2, -0.15) is 0 Å². The third-order valence-corrected chi connectivity index (χ3v) is 2.65. The molecule has 0 aromatic heterocycles. The molecule has 0 aromatic carbocycles. The first-order chi connectivity index (χ1) is 7.06. The lowest BCUT2D eigenvalue weighted by Gasteiger charge is -2.35. The predicted molar refractivity (Wildman–Crippen MR) is 55.8 cm³/mol. The first-order valence-corrected chi connectivity index (χ1v) is 5.06. The molecule has 86 valence electrons. The fourth-order valence-electron chi connectivity index (χ4n) is 1.75. The maximum atomic E-state index is 11.6. The van der Waals surface area contributed by atoms with Gasteiger partial charge in [-0.3, -0.25) is 14.5 Å². The van der Waals surface area contributed by atoms with E-state index in [4.69, 9.17) is 11.5 Å². The molecule has 1 saturated heterocycles. The molecule has 1 heterocycles. The van der Waals surface area contributed by atoms with Crippen LogP contribution >= 0.6 is 0 Å². The lowest BCUT2D eigenvalue weighted by atomic mass is 10.0. The zero-order chi connectivity index (χ0) is 11.4. The van der Waals surface area contributed by atoms with Crippen molar-refractivity contribution in [2.24, 2.45) is 11.5 Å². The molecule has 5 N–H and O–H groups in total. The number of nitrogens with zero attached hydrogens (tertiary/aromatic N) is 1. The number of likely N-dealkylation sites (N-methyl/N-ethyl adjacent to an activating group) is 1. The van der Waals surface area contributed by atoms with Crippen LogP contribution < -0.4 is 16.8 Å². The summed E-state index contributed by atoms with van der Waals surface area (Å²) in [6.45, 7) is 1.03. The molecule has 0 spiro atoms. The zero-order valence-corrected chi connectivity index (χ0v) is 8.90. The van der Waals surface area contributed by atoms with E-state index >= 15 is 0 Å². The Morgan fingerprint density at radius 3 is 2.80 bits per heavy atom. The highest BCUT2D eigenvalue weighted by molar-refractivity contribution is 5.90. The standard InChI is InChI=1S/C9H18N4O2/c1-13-5-6(8(11)14)12-9(15)7(13)3-2-4-10/h6-7H,2-5,10H2,1H3,(H2,11,14)(H,12,15)/t6-,7+/m1/s1. The predicted octanol–water partition coefficient (Wildman–Crippen LogP) is -1.99. The maximum Gasteiger partial charge on any atom is 0.241 e. The summed E-state index contributed by atoms with van der Waals surface area (Å²) >= 11 is 0. The van der Waals surface area contributed by atoms with Gasteiger partial charge in [0.1, 0.15) is 6.04 Å². The largest absolute Gasteiger partial charge is 0.368 e. The van der Waals surface area contributed by atoms with Crippen molar-refractivity contribution < 1.29 is 9.59 Å². The van der Waals surface area contributed by atoms with Crippen molar-refractivity contribution in [3.63, 3.8) is 0 Å². The van der Waals surface area contributed by atoms with Crippen molar-refractivity contribution in [2.45, 2.75) is 24.9 Å². The molecule has 0 aliphatic carbocycles. The van der Waals surface area contributed by atoms with E-state index in [-0.39, 0.29) is 11.9 Å². The van der Waals surface area contributed by atoms with Crippen molar-refractivity contribution in [2.75, 3.05) is 20.1 Å². The Bertz CT molecular complexity index is 256. The molecular weight excluding hydrogens is 196 g/mol. The molecule has 0 saturated carbocycles. The van der Waals surface area contributed by atoms with E-state index in [1.807, 2.05) is 11.9 Å². The normalized spacial score (nSPS) is 27.5. The van der Waals surface area contributed by atoms with E-state index in [0.717, 1.165) is 6.42 Å². The SMILES string of the molecule is CN1C[C@H](C(N)=O)NC(=O)[C@@H]1CCCN. The third-order valence-electron chi connectivity index (χ3n) is 2.65. The van der Waals surface area contributed by atoms with Gasteiger partial charge in [-0.05, 0) is 26.4 Å². The van der Waals surface area contributed by atoms with Gasteiger partial charge in [0.2, 0.25) is 11.8 Å². The summed E-state index contributed by atoms with van der Waals surface area (Å²) in [5, 5.41) is 2.61. The van der Waals surface area contributed by atoms with Crippen LogP contribution in [0.1, 0.15) is 12.8 Å². The smallest absolute Gasteiger partial charge is 0.241 e. The van der Waals surface area contributed by atoms with Crippen LogP contribution in [0.3, 0.4) is 0 Å². The molecule has 2 atom stereocenters. The summed E-state index contributed by atoms with van der Waals surface area (Å²) in [6, 6.07) is -0.763. The van der Waals surface area contributed by atoms with Gasteiger partial charge in [0.25, 0.3) is 0 Å². The zero-order valence-electron chi connectivity index (χ0n) is 8.90. The van der Waals surface area contributed by atoms with Crippen LogP contribution in [0.15, 0.2) is 0 Å². The number of nitrogens with two attached hydrogens (primary N) is 2. The molecule has 2 amide bonds. The van der Waals surface area contributed by atoms with Gasteiger partial charge >= 0.3 is 0 Å². The van der Waals surface area contributed by atoms with Crippen LogP contribution in [0, 0.1) is 0 Å². The summed E-state index contributed by atoms with van der Waals surface area (Å²) in [6.07, 6.45) is 1.51. The van der Waals surface area contributed by atoms with E-state index in [1.54, 1.807) is 0 Å². The molecule has 6 heteroatoms. The van der Waals surface area contributed by atoms with Gasteiger partial charge in [0, 0.05) is 6.54 Å². The van der Waals surface area contributed by atoms with E-state index in [2.05, 4.69) is 5.32 Å². The number of piperazine rings is 1. The van der Waals surface area contributed by atoms with E-state index in [9.17, 15) is 9.59 Å². The molecule has 1 fully saturated rings. The number of nitrogens with one attached hydrogen (secondary N) is 1. The molecular formula is C9H18N4O2. The molecule has 6 nitrogen and oxygen atoms in total. The Balaban J connectivity index is 2.56. The molecule has 1 aliphatic rings. The van der Waals surface area contributed by atoms with Gasteiger partial charge in [-0.25, -0.2) is 0 Å². The second kappa shape index (κ2) is 5.09. The topological polar surface area (TPSA) is 101 Å². The minimum Gasteiger partial charge on any atom is -0.368 e. The van der Waals surface area contributed by atoms with E-state index in [0.29, 0.717) is 19.5 Å². The highest BCUT2D eigenvalue weighted by atomic mass is 16.2. The number of hydrogen-bond acceptors (Lipinski definition) is 4. The molecule has 0 bridgehead atoms. The second-order valence-corrected chi connectivity index (χ2v) is 3.85. The quantitative estimate of drug-likeness (QED) is 0.504. The second-order valence-electron chi connectivity index (χ2n) is 3.85. The van der Waals surface area contributed by atoms with Crippen LogP contribution in [0.25, 0.3) is 0 Å². The summed E-state index contributed by atoms with van der Waals surface area (Å²) in [5.74, 6) is -0.631. The van der Waals surface area contributed by atoms with Crippen LogP contribution in [0.4, 0.5) is 0 Å². The van der Waals surface area contributed by atoms with Crippen molar-refractivity contribution in [1.82, 2.24) is 10.2 Å². The summed E-state index contributed by atoms with van der Waals surface area (Å²) < 4.78 is 0. The Morgan fingerprint density at radius 2 is 2.33 bits per heavy atom. The number of carbonyl (C=O) groups excluding carboxylic acids is 2. The third kappa shape index (κ3) is 2.90. The first-order valence-electron chi connectivity index (χ1n) is 5.06. The Labute approximate surface area is 89.0 Å². The molecule has 0 radical (unpaired) electrons. The summed E-state index contributed by atoms with van der Waals surface area (Å²) in [5.41, 5.74) is 10.5. The Hall–Kier alpha value is -1.14.